The molecule has 0 aliphatic carbocycles. The zero-order valence-electron chi connectivity index (χ0n) is 14.9. The second-order valence-electron chi connectivity index (χ2n) is 6.14. The summed E-state index contributed by atoms with van der Waals surface area (Å²) in [5.74, 6) is -0.378. The van der Waals surface area contributed by atoms with E-state index in [0.29, 0.717) is 5.56 Å². The molecule has 0 spiro atoms. The second kappa shape index (κ2) is 9.25. The van der Waals surface area contributed by atoms with Crippen molar-refractivity contribution in [3.63, 3.8) is 0 Å². The van der Waals surface area contributed by atoms with E-state index >= 15 is 0 Å². The van der Waals surface area contributed by atoms with Crippen molar-refractivity contribution in [3.8, 4) is 0 Å². The van der Waals surface area contributed by atoms with E-state index in [-0.39, 0.29) is 18.0 Å². The van der Waals surface area contributed by atoms with Gasteiger partial charge in [0.1, 0.15) is 0 Å². The Bertz CT molecular complexity index is 953. The molecule has 0 N–H and O–H groups in total. The fourth-order valence-corrected chi connectivity index (χ4v) is 2.72. The molecular formula is C25H20O2. The van der Waals surface area contributed by atoms with E-state index in [4.69, 9.17) is 0 Å². The maximum Gasteiger partial charge on any atom is 0.170 e. The number of carbonyl (C=O) groups is 2. The fourth-order valence-electron chi connectivity index (χ4n) is 2.72. The van der Waals surface area contributed by atoms with E-state index < -0.39 is 0 Å². The zero-order valence-corrected chi connectivity index (χ0v) is 14.9. The van der Waals surface area contributed by atoms with E-state index in [1.165, 1.54) is 0 Å². The first-order chi connectivity index (χ1) is 13.2. The van der Waals surface area contributed by atoms with Gasteiger partial charge in [-0.25, -0.2) is 0 Å². The number of carbonyl (C=O) groups excluding carboxylic acids is 2. The van der Waals surface area contributed by atoms with Crippen LogP contribution in [0.3, 0.4) is 0 Å². The first-order valence-electron chi connectivity index (χ1n) is 8.84. The maximum absolute atomic E-state index is 12.5. The molecule has 0 saturated heterocycles. The van der Waals surface area contributed by atoms with E-state index in [1.807, 2.05) is 78.9 Å². The van der Waals surface area contributed by atoms with E-state index in [0.717, 1.165) is 16.7 Å². The average Bonchev–Trinajstić information content (AvgIpc) is 2.73. The Balaban J connectivity index is 1.82. The van der Waals surface area contributed by atoms with Crippen LogP contribution >= 0.6 is 0 Å². The summed E-state index contributed by atoms with van der Waals surface area (Å²) >= 11 is 0. The summed E-state index contributed by atoms with van der Waals surface area (Å²) in [5, 5.41) is 0. The van der Waals surface area contributed by atoms with Gasteiger partial charge >= 0.3 is 0 Å². The second-order valence-corrected chi connectivity index (χ2v) is 6.14. The molecule has 0 aliphatic heterocycles. The topological polar surface area (TPSA) is 34.1 Å². The highest BCUT2D eigenvalue weighted by Gasteiger charge is 2.11. The van der Waals surface area contributed by atoms with Gasteiger partial charge in [0.2, 0.25) is 0 Å². The molecule has 132 valence electrons. The van der Waals surface area contributed by atoms with Gasteiger partial charge in [-0.15, -0.1) is 0 Å². The minimum absolute atomic E-state index is 0.139. The Morgan fingerprint density at radius 1 is 0.667 bits per heavy atom. The maximum atomic E-state index is 12.5. The summed E-state index contributed by atoms with van der Waals surface area (Å²) in [4.78, 5) is 24.8. The molecule has 0 amide bonds. The largest absolute Gasteiger partial charge is 0.294 e. The molecule has 0 atom stereocenters. The van der Waals surface area contributed by atoms with Crippen molar-refractivity contribution in [2.24, 2.45) is 0 Å². The minimum atomic E-state index is -0.208. The Hall–Kier alpha value is -3.52. The van der Waals surface area contributed by atoms with Gasteiger partial charge in [-0.2, -0.15) is 0 Å². The Morgan fingerprint density at radius 3 is 1.78 bits per heavy atom. The fraction of sp³-hybridized carbons (Fsp3) is 0.0400. The molecule has 2 nitrogen and oxygen atoms in total. The van der Waals surface area contributed by atoms with E-state index in [9.17, 15) is 9.59 Å². The number of rotatable bonds is 7. The highest BCUT2D eigenvalue weighted by atomic mass is 16.1. The van der Waals surface area contributed by atoms with E-state index in [1.54, 1.807) is 30.3 Å². The van der Waals surface area contributed by atoms with Gasteiger partial charge in [0.25, 0.3) is 0 Å². The van der Waals surface area contributed by atoms with Gasteiger partial charge in [0.15, 0.2) is 11.6 Å². The molecule has 0 aliphatic rings. The van der Waals surface area contributed by atoms with Gasteiger partial charge in [-0.3, -0.25) is 9.59 Å². The molecule has 0 fully saturated rings. The number of allylic oxidation sites excluding steroid dienone is 3. The van der Waals surface area contributed by atoms with Gasteiger partial charge in [0, 0.05) is 5.56 Å². The summed E-state index contributed by atoms with van der Waals surface area (Å²) in [6.45, 7) is 0. The first kappa shape index (κ1) is 18.3. The minimum Gasteiger partial charge on any atom is -0.294 e. The normalized spacial score (nSPS) is 11.5. The van der Waals surface area contributed by atoms with Crippen LogP contribution in [0.2, 0.25) is 0 Å². The number of benzene rings is 3. The molecule has 0 saturated carbocycles. The van der Waals surface area contributed by atoms with Crippen molar-refractivity contribution in [3.05, 3.63) is 120 Å². The van der Waals surface area contributed by atoms with Crippen molar-refractivity contribution in [2.75, 3.05) is 0 Å². The lowest BCUT2D eigenvalue weighted by Gasteiger charge is -2.04. The van der Waals surface area contributed by atoms with Crippen LogP contribution in [0.25, 0.3) is 11.6 Å². The van der Waals surface area contributed by atoms with Crippen LogP contribution in [0.4, 0.5) is 0 Å². The third kappa shape index (κ3) is 5.48. The molecule has 3 rings (SSSR count). The first-order valence-corrected chi connectivity index (χ1v) is 8.84. The van der Waals surface area contributed by atoms with Gasteiger partial charge in [0.05, 0.1) is 6.42 Å². The highest BCUT2D eigenvalue weighted by molar-refractivity contribution is 6.13. The summed E-state index contributed by atoms with van der Waals surface area (Å²) in [6, 6.07) is 28.5. The number of hydrogen-bond acceptors (Lipinski definition) is 2. The zero-order chi connectivity index (χ0) is 18.9. The molecule has 0 radical (unpaired) electrons. The molecule has 0 bridgehead atoms. The summed E-state index contributed by atoms with van der Waals surface area (Å²) < 4.78 is 0. The third-order valence-corrected chi connectivity index (χ3v) is 4.11. The number of Topliss-reactive ketones (excluding diaryl/α,β-unsaturated/α-hetero) is 1. The molecule has 27 heavy (non-hydrogen) atoms. The molecule has 3 aromatic rings. The average molecular weight is 352 g/mol. The molecule has 0 unspecified atom stereocenters. The van der Waals surface area contributed by atoms with Gasteiger partial charge in [-0.1, -0.05) is 103 Å². The van der Waals surface area contributed by atoms with E-state index in [2.05, 4.69) is 0 Å². The van der Waals surface area contributed by atoms with Crippen LogP contribution in [-0.2, 0) is 4.79 Å². The quantitative estimate of drug-likeness (QED) is 0.239. The smallest absolute Gasteiger partial charge is 0.170 e. The summed E-state index contributed by atoms with van der Waals surface area (Å²) in [7, 11) is 0. The van der Waals surface area contributed by atoms with Crippen LogP contribution in [0.15, 0.2) is 103 Å². The molecule has 0 aromatic heterocycles. The lowest BCUT2D eigenvalue weighted by Crippen LogP contribution is -2.06. The lowest BCUT2D eigenvalue weighted by atomic mass is 10.00. The van der Waals surface area contributed by atoms with Crippen molar-refractivity contribution < 1.29 is 9.59 Å². The molecule has 2 heteroatoms. The Labute approximate surface area is 159 Å². The van der Waals surface area contributed by atoms with Crippen LogP contribution in [0, 0.1) is 0 Å². The summed E-state index contributed by atoms with van der Waals surface area (Å²) in [5.41, 5.74) is 3.32. The van der Waals surface area contributed by atoms with Crippen molar-refractivity contribution in [1.82, 2.24) is 0 Å². The number of ketones is 2. The van der Waals surface area contributed by atoms with Crippen molar-refractivity contribution in [2.45, 2.75) is 6.42 Å². The van der Waals surface area contributed by atoms with Crippen LogP contribution in [0.1, 0.15) is 27.9 Å². The van der Waals surface area contributed by atoms with Crippen LogP contribution < -0.4 is 0 Å². The third-order valence-electron chi connectivity index (χ3n) is 4.11. The lowest BCUT2D eigenvalue weighted by molar-refractivity contribution is -0.113. The van der Waals surface area contributed by atoms with Crippen LogP contribution in [0.5, 0.6) is 0 Å². The predicted octanol–water partition coefficient (Wildman–Crippen LogP) is 5.63. The van der Waals surface area contributed by atoms with Crippen molar-refractivity contribution in [1.29, 1.82) is 0 Å². The monoisotopic (exact) mass is 352 g/mol. The summed E-state index contributed by atoms with van der Waals surface area (Å²) in [6.07, 6.45) is 5.29. The predicted molar refractivity (Wildman–Crippen MR) is 110 cm³/mol. The Morgan fingerprint density at radius 2 is 1.19 bits per heavy atom. The molecule has 3 aromatic carbocycles. The number of hydrogen-bond donors (Lipinski definition) is 0. The van der Waals surface area contributed by atoms with Gasteiger partial charge in [-0.05, 0) is 22.8 Å². The van der Waals surface area contributed by atoms with Gasteiger partial charge < -0.3 is 0 Å². The molecule has 0 heterocycles. The van der Waals surface area contributed by atoms with Crippen molar-refractivity contribution >= 4 is 23.2 Å². The molecular weight excluding hydrogens is 332 g/mol. The SMILES string of the molecule is O=C(/C=C(/C=C/c1ccccc1)c1ccccc1)CC(=O)c1ccccc1. The highest BCUT2D eigenvalue weighted by Crippen LogP contribution is 2.18. The Kier molecular flexibility index (Phi) is 6.26. The standard InChI is InChI=1S/C25H20O2/c26-24(19-25(27)22-14-8-3-9-15-22)18-23(21-12-6-2-7-13-21)17-16-20-10-4-1-5-11-20/h1-18H,19H2/b17-16+,23-18-. The van der Waals surface area contributed by atoms with Crippen LogP contribution in [-0.4, -0.2) is 11.6 Å².